The molecule has 28 heavy (non-hydrogen) atoms. The van der Waals surface area contributed by atoms with E-state index in [-0.39, 0.29) is 19.0 Å². The maximum absolute atomic E-state index is 12.7. The van der Waals surface area contributed by atoms with Crippen LogP contribution in [0.4, 0.5) is 18.9 Å². The molecular weight excluding hydrogens is 389 g/mol. The van der Waals surface area contributed by atoms with E-state index < -0.39 is 12.1 Å². The molecule has 0 saturated heterocycles. The molecule has 2 amide bonds. The Labute approximate surface area is 166 Å². The van der Waals surface area contributed by atoms with E-state index in [1.165, 1.54) is 6.92 Å². The number of alkyl halides is 3. The van der Waals surface area contributed by atoms with Crippen molar-refractivity contribution in [3.63, 3.8) is 0 Å². The third-order valence-electron chi connectivity index (χ3n) is 4.00. The molecule has 0 heterocycles. The number of hydrogen-bond acceptors (Lipinski definition) is 3. The van der Waals surface area contributed by atoms with E-state index in [1.54, 1.807) is 48.2 Å². The molecule has 8 heteroatoms. The number of nitrogens with one attached hydrogen (secondary N) is 1. The second-order valence-corrected chi connectivity index (χ2v) is 6.97. The highest BCUT2D eigenvalue weighted by Gasteiger charge is 2.41. The predicted octanol–water partition coefficient (Wildman–Crippen LogP) is 4.71. The molecule has 0 bridgehead atoms. The average Bonchev–Trinajstić information content (AvgIpc) is 2.66. The Balaban J connectivity index is 2.08. The summed E-state index contributed by atoms with van der Waals surface area (Å²) in [6, 6.07) is 13.7. The lowest BCUT2D eigenvalue weighted by atomic mass is 10.1. The third-order valence-corrected chi connectivity index (χ3v) is 4.62. The van der Waals surface area contributed by atoms with Crippen LogP contribution < -0.4 is 5.32 Å². The number of halogens is 3. The van der Waals surface area contributed by atoms with Gasteiger partial charge in [0.2, 0.25) is 0 Å². The van der Waals surface area contributed by atoms with Crippen molar-refractivity contribution < 1.29 is 22.8 Å². The molecular formula is C20H21F3N2O2S. The van der Waals surface area contributed by atoms with Gasteiger partial charge in [-0.1, -0.05) is 24.3 Å². The lowest BCUT2D eigenvalue weighted by Crippen LogP contribution is -2.40. The Morgan fingerprint density at radius 2 is 1.75 bits per heavy atom. The zero-order chi connectivity index (χ0) is 20.7. The van der Waals surface area contributed by atoms with Gasteiger partial charge in [0.05, 0.1) is 0 Å². The first-order chi connectivity index (χ1) is 13.2. The molecule has 4 nitrogen and oxygen atoms in total. The number of rotatable bonds is 7. The molecule has 0 atom stereocenters. The standard InChI is InChI=1S/C20H21F3N2O2S/c1-3-25(19(27)20(21,22)23)12-15-5-4-6-17(11-15)24-18(26)16-9-7-14(8-10-16)13-28-2/h4-11H,3,12-13H2,1-2H3,(H,24,26). The summed E-state index contributed by atoms with van der Waals surface area (Å²) in [6.07, 6.45) is -2.92. The van der Waals surface area contributed by atoms with E-state index in [9.17, 15) is 22.8 Å². The number of carbonyl (C=O) groups excluding carboxylic acids is 2. The summed E-state index contributed by atoms with van der Waals surface area (Å²) in [7, 11) is 0. The summed E-state index contributed by atoms with van der Waals surface area (Å²) in [5.41, 5.74) is 2.54. The molecule has 0 aliphatic carbocycles. The molecule has 0 aromatic heterocycles. The minimum Gasteiger partial charge on any atom is -0.331 e. The van der Waals surface area contributed by atoms with Crippen LogP contribution in [0.3, 0.4) is 0 Å². The van der Waals surface area contributed by atoms with E-state index in [0.29, 0.717) is 21.7 Å². The highest BCUT2D eigenvalue weighted by Crippen LogP contribution is 2.21. The van der Waals surface area contributed by atoms with Crippen LogP contribution in [0.15, 0.2) is 48.5 Å². The SMILES string of the molecule is CCN(Cc1cccc(NC(=O)c2ccc(CSC)cc2)c1)C(=O)C(F)(F)F. The lowest BCUT2D eigenvalue weighted by Gasteiger charge is -2.22. The van der Waals surface area contributed by atoms with Gasteiger partial charge in [0.25, 0.3) is 5.91 Å². The highest BCUT2D eigenvalue weighted by molar-refractivity contribution is 7.97. The minimum absolute atomic E-state index is 0.0721. The van der Waals surface area contributed by atoms with E-state index in [2.05, 4.69) is 5.32 Å². The molecule has 2 aromatic rings. The Bertz CT molecular complexity index is 823. The number of benzene rings is 2. The molecule has 0 aliphatic rings. The lowest BCUT2D eigenvalue weighted by molar-refractivity contribution is -0.185. The first-order valence-corrected chi connectivity index (χ1v) is 9.98. The van der Waals surface area contributed by atoms with Crippen LogP contribution in [0, 0.1) is 0 Å². The number of amides is 2. The Morgan fingerprint density at radius 3 is 2.32 bits per heavy atom. The van der Waals surface area contributed by atoms with Crippen LogP contribution >= 0.6 is 11.8 Å². The maximum atomic E-state index is 12.7. The van der Waals surface area contributed by atoms with Crippen molar-refractivity contribution in [2.24, 2.45) is 0 Å². The Morgan fingerprint density at radius 1 is 1.07 bits per heavy atom. The predicted molar refractivity (Wildman–Crippen MR) is 105 cm³/mol. The van der Waals surface area contributed by atoms with Crippen LogP contribution in [-0.2, 0) is 17.1 Å². The smallest absolute Gasteiger partial charge is 0.331 e. The average molecular weight is 410 g/mol. The minimum atomic E-state index is -4.91. The van der Waals surface area contributed by atoms with Gasteiger partial charge in [-0.15, -0.1) is 0 Å². The normalized spacial score (nSPS) is 11.2. The number of nitrogens with zero attached hydrogens (tertiary/aromatic N) is 1. The van der Waals surface area contributed by atoms with Crippen molar-refractivity contribution in [3.8, 4) is 0 Å². The molecule has 0 radical (unpaired) electrons. The fourth-order valence-corrected chi connectivity index (χ4v) is 3.12. The van der Waals surface area contributed by atoms with Crippen molar-refractivity contribution in [2.45, 2.75) is 25.4 Å². The van der Waals surface area contributed by atoms with Gasteiger partial charge in [-0.2, -0.15) is 24.9 Å². The van der Waals surface area contributed by atoms with Gasteiger partial charge in [0, 0.05) is 30.1 Å². The first kappa shape index (κ1) is 21.8. The molecule has 150 valence electrons. The van der Waals surface area contributed by atoms with Crippen molar-refractivity contribution >= 4 is 29.3 Å². The largest absolute Gasteiger partial charge is 0.471 e. The molecule has 2 aromatic carbocycles. The van der Waals surface area contributed by atoms with Crippen LogP contribution in [0.2, 0.25) is 0 Å². The third kappa shape index (κ3) is 6.02. The Hall–Kier alpha value is -2.48. The summed E-state index contributed by atoms with van der Waals surface area (Å²) in [5, 5.41) is 2.73. The van der Waals surface area contributed by atoms with E-state index in [4.69, 9.17) is 0 Å². The fourth-order valence-electron chi connectivity index (χ4n) is 2.60. The van der Waals surface area contributed by atoms with Gasteiger partial charge in [0.15, 0.2) is 0 Å². The van der Waals surface area contributed by atoms with Crippen molar-refractivity contribution in [3.05, 3.63) is 65.2 Å². The highest BCUT2D eigenvalue weighted by atomic mass is 32.2. The molecule has 0 unspecified atom stereocenters. The Kier molecular flexibility index (Phi) is 7.51. The molecule has 2 rings (SSSR count). The number of hydrogen-bond donors (Lipinski definition) is 1. The number of carbonyl (C=O) groups is 2. The monoisotopic (exact) mass is 410 g/mol. The fraction of sp³-hybridized carbons (Fsp3) is 0.300. The summed E-state index contributed by atoms with van der Waals surface area (Å²) in [5.74, 6) is -1.34. The second-order valence-electron chi connectivity index (χ2n) is 6.10. The van der Waals surface area contributed by atoms with Crippen molar-refractivity contribution in [1.29, 1.82) is 0 Å². The molecule has 0 saturated carbocycles. The quantitative estimate of drug-likeness (QED) is 0.719. The summed E-state index contributed by atoms with van der Waals surface area (Å²) in [4.78, 5) is 24.5. The second kappa shape index (κ2) is 9.64. The summed E-state index contributed by atoms with van der Waals surface area (Å²) >= 11 is 1.68. The summed E-state index contributed by atoms with van der Waals surface area (Å²) in [6.45, 7) is 1.22. The zero-order valence-electron chi connectivity index (χ0n) is 15.5. The van der Waals surface area contributed by atoms with E-state index in [1.807, 2.05) is 18.4 Å². The van der Waals surface area contributed by atoms with E-state index >= 15 is 0 Å². The molecule has 0 spiro atoms. The van der Waals surface area contributed by atoms with Gasteiger partial charge >= 0.3 is 12.1 Å². The van der Waals surface area contributed by atoms with Crippen LogP contribution in [0.25, 0.3) is 0 Å². The zero-order valence-corrected chi connectivity index (χ0v) is 16.4. The van der Waals surface area contributed by atoms with Crippen LogP contribution in [-0.4, -0.2) is 35.7 Å². The first-order valence-electron chi connectivity index (χ1n) is 8.59. The molecule has 0 fully saturated rings. The van der Waals surface area contributed by atoms with Gasteiger partial charge in [-0.3, -0.25) is 9.59 Å². The molecule has 0 aliphatic heterocycles. The van der Waals surface area contributed by atoms with E-state index in [0.717, 1.165) is 11.3 Å². The van der Waals surface area contributed by atoms with Crippen LogP contribution in [0.5, 0.6) is 0 Å². The van der Waals surface area contributed by atoms with Gasteiger partial charge in [-0.05, 0) is 48.6 Å². The van der Waals surface area contributed by atoms with Crippen LogP contribution in [0.1, 0.15) is 28.4 Å². The van der Waals surface area contributed by atoms with Crippen molar-refractivity contribution in [1.82, 2.24) is 4.90 Å². The number of anilines is 1. The maximum Gasteiger partial charge on any atom is 0.471 e. The topological polar surface area (TPSA) is 49.4 Å². The van der Waals surface area contributed by atoms with Crippen molar-refractivity contribution in [2.75, 3.05) is 18.1 Å². The summed E-state index contributed by atoms with van der Waals surface area (Å²) < 4.78 is 38.0. The molecule has 1 N–H and O–H groups in total. The van der Waals surface area contributed by atoms with Gasteiger partial charge in [0.1, 0.15) is 0 Å². The van der Waals surface area contributed by atoms with Gasteiger partial charge in [-0.25, -0.2) is 0 Å². The van der Waals surface area contributed by atoms with Gasteiger partial charge < -0.3 is 10.2 Å². The number of thioether (sulfide) groups is 1.